The Balaban J connectivity index is 1.14. The van der Waals surface area contributed by atoms with Gasteiger partial charge in [0.1, 0.15) is 17.7 Å². The fourth-order valence-corrected chi connectivity index (χ4v) is 4.36. The van der Waals surface area contributed by atoms with Gasteiger partial charge in [-0.2, -0.15) is 0 Å². The Morgan fingerprint density at radius 1 is 1.09 bits per heavy atom. The van der Waals surface area contributed by atoms with Crippen LogP contribution in [0.3, 0.4) is 0 Å². The lowest BCUT2D eigenvalue weighted by Gasteiger charge is -2.32. The molecule has 1 aliphatic carbocycles. The highest BCUT2D eigenvalue weighted by Crippen LogP contribution is 2.32. The molecule has 1 aromatic heterocycles. The summed E-state index contributed by atoms with van der Waals surface area (Å²) in [5.41, 5.74) is 3.59. The average Bonchev–Trinajstić information content (AvgIpc) is 3.58. The maximum absolute atomic E-state index is 12.7. The molecule has 3 aromatic rings. The van der Waals surface area contributed by atoms with E-state index in [1.165, 1.54) is 0 Å². The standard InChI is InChI=1S/C26H30N4O3/c1-16-3-10-22-23(15-16)29-24(28-22)17(2)27-25(31)18-6-8-20(9-7-18)33-21-11-13-30(14-12-21)26(32)19-4-5-19/h3,6-10,15,17,19,21H,4-5,11-14H2,1-2H3,(H,27,31)(H,28,29)/t17-/m1/s1. The first-order valence-corrected chi connectivity index (χ1v) is 11.8. The number of rotatable bonds is 6. The van der Waals surface area contributed by atoms with Crippen molar-refractivity contribution in [1.82, 2.24) is 20.2 Å². The Morgan fingerprint density at radius 3 is 2.52 bits per heavy atom. The highest BCUT2D eigenvalue weighted by atomic mass is 16.5. The first-order valence-electron chi connectivity index (χ1n) is 11.8. The summed E-state index contributed by atoms with van der Waals surface area (Å²) in [4.78, 5) is 34.8. The molecule has 7 nitrogen and oxygen atoms in total. The zero-order chi connectivity index (χ0) is 22.9. The van der Waals surface area contributed by atoms with E-state index in [-0.39, 0.29) is 24.0 Å². The molecule has 0 spiro atoms. The van der Waals surface area contributed by atoms with E-state index < -0.39 is 0 Å². The highest BCUT2D eigenvalue weighted by molar-refractivity contribution is 5.94. The molecule has 1 saturated heterocycles. The van der Waals surface area contributed by atoms with Gasteiger partial charge in [-0.1, -0.05) is 6.07 Å². The summed E-state index contributed by atoms with van der Waals surface area (Å²) in [6.45, 7) is 5.48. The number of ether oxygens (including phenoxy) is 1. The van der Waals surface area contributed by atoms with Gasteiger partial charge in [-0.05, 0) is 68.7 Å². The molecule has 7 heteroatoms. The van der Waals surface area contributed by atoms with Crippen molar-refractivity contribution in [2.75, 3.05) is 13.1 Å². The van der Waals surface area contributed by atoms with Gasteiger partial charge in [-0.25, -0.2) is 4.98 Å². The number of aromatic nitrogens is 2. The van der Waals surface area contributed by atoms with Gasteiger partial charge >= 0.3 is 0 Å². The molecular weight excluding hydrogens is 416 g/mol. The highest BCUT2D eigenvalue weighted by Gasteiger charge is 2.35. The van der Waals surface area contributed by atoms with Crippen molar-refractivity contribution < 1.29 is 14.3 Å². The van der Waals surface area contributed by atoms with Crippen LogP contribution in [0, 0.1) is 12.8 Å². The zero-order valence-corrected chi connectivity index (χ0v) is 19.1. The molecule has 2 aromatic carbocycles. The molecule has 2 N–H and O–H groups in total. The number of likely N-dealkylation sites (tertiary alicyclic amines) is 1. The number of carbonyl (C=O) groups excluding carboxylic acids is 2. The minimum Gasteiger partial charge on any atom is -0.490 e. The van der Waals surface area contributed by atoms with Crippen molar-refractivity contribution >= 4 is 22.8 Å². The monoisotopic (exact) mass is 446 g/mol. The summed E-state index contributed by atoms with van der Waals surface area (Å²) in [5.74, 6) is 1.92. The van der Waals surface area contributed by atoms with E-state index in [9.17, 15) is 9.59 Å². The lowest BCUT2D eigenvalue weighted by atomic mass is 10.1. The van der Waals surface area contributed by atoms with Crippen molar-refractivity contribution in [1.29, 1.82) is 0 Å². The van der Waals surface area contributed by atoms with Gasteiger partial charge in [0.25, 0.3) is 5.91 Å². The lowest BCUT2D eigenvalue weighted by Crippen LogP contribution is -2.42. The summed E-state index contributed by atoms with van der Waals surface area (Å²) in [7, 11) is 0. The fraction of sp³-hybridized carbons (Fsp3) is 0.423. The Bertz CT molecular complexity index is 1160. The van der Waals surface area contributed by atoms with E-state index in [2.05, 4.69) is 15.3 Å². The molecule has 1 aliphatic heterocycles. The first kappa shape index (κ1) is 21.5. The van der Waals surface area contributed by atoms with E-state index in [1.54, 1.807) is 12.1 Å². The Hall–Kier alpha value is -3.35. The van der Waals surface area contributed by atoms with E-state index in [0.717, 1.165) is 66.9 Å². The van der Waals surface area contributed by atoms with Crippen molar-refractivity contribution in [3.05, 3.63) is 59.4 Å². The summed E-state index contributed by atoms with van der Waals surface area (Å²) in [6.07, 6.45) is 3.88. The Kier molecular flexibility index (Phi) is 5.79. The van der Waals surface area contributed by atoms with E-state index in [1.807, 2.05) is 49.1 Å². The van der Waals surface area contributed by atoms with Gasteiger partial charge in [-0.15, -0.1) is 0 Å². The van der Waals surface area contributed by atoms with Crippen LogP contribution < -0.4 is 10.1 Å². The molecule has 1 saturated carbocycles. The summed E-state index contributed by atoms with van der Waals surface area (Å²) < 4.78 is 6.10. The van der Waals surface area contributed by atoms with Gasteiger partial charge in [-0.3, -0.25) is 9.59 Å². The van der Waals surface area contributed by atoms with Crippen LogP contribution in [-0.4, -0.2) is 45.9 Å². The number of hydrogen-bond donors (Lipinski definition) is 2. The molecule has 1 atom stereocenters. The number of benzene rings is 2. The minimum absolute atomic E-state index is 0.102. The van der Waals surface area contributed by atoms with E-state index >= 15 is 0 Å². The van der Waals surface area contributed by atoms with Crippen molar-refractivity contribution in [2.24, 2.45) is 5.92 Å². The van der Waals surface area contributed by atoms with Crippen molar-refractivity contribution in [3.8, 4) is 5.75 Å². The van der Waals surface area contributed by atoms with Gasteiger partial charge < -0.3 is 19.9 Å². The number of aryl methyl sites for hydroxylation is 1. The van der Waals surface area contributed by atoms with Gasteiger partial charge in [0.15, 0.2) is 0 Å². The predicted octanol–water partition coefficient (Wildman–Crippen LogP) is 4.14. The molecular formula is C26H30N4O3. The van der Waals surface area contributed by atoms with Crippen LogP contribution in [0.25, 0.3) is 11.0 Å². The molecule has 172 valence electrons. The number of aromatic amines is 1. The molecule has 33 heavy (non-hydrogen) atoms. The largest absolute Gasteiger partial charge is 0.490 e. The topological polar surface area (TPSA) is 87.3 Å². The number of H-pyrrole nitrogens is 1. The minimum atomic E-state index is -0.246. The molecule has 0 bridgehead atoms. The van der Waals surface area contributed by atoms with Crippen LogP contribution in [0.1, 0.15) is 60.4 Å². The van der Waals surface area contributed by atoms with Crippen LogP contribution in [0.2, 0.25) is 0 Å². The Morgan fingerprint density at radius 2 is 1.82 bits per heavy atom. The van der Waals surface area contributed by atoms with Crippen LogP contribution in [-0.2, 0) is 4.79 Å². The maximum atomic E-state index is 12.7. The number of carbonyl (C=O) groups is 2. The molecule has 2 fully saturated rings. The number of imidazole rings is 1. The number of nitrogens with one attached hydrogen (secondary N) is 2. The third kappa shape index (κ3) is 4.87. The molecule has 2 aliphatic rings. The molecule has 0 unspecified atom stereocenters. The number of piperidine rings is 1. The number of hydrogen-bond acceptors (Lipinski definition) is 4. The molecule has 5 rings (SSSR count). The Labute approximate surface area is 193 Å². The fourth-order valence-electron chi connectivity index (χ4n) is 4.36. The predicted molar refractivity (Wildman–Crippen MR) is 126 cm³/mol. The smallest absolute Gasteiger partial charge is 0.251 e. The van der Waals surface area contributed by atoms with Gasteiger partial charge in [0.2, 0.25) is 5.91 Å². The number of nitrogens with zero attached hydrogens (tertiary/aromatic N) is 2. The second kappa shape index (κ2) is 8.89. The summed E-state index contributed by atoms with van der Waals surface area (Å²) in [6, 6.07) is 13.1. The maximum Gasteiger partial charge on any atom is 0.251 e. The van der Waals surface area contributed by atoms with Crippen LogP contribution >= 0.6 is 0 Å². The van der Waals surface area contributed by atoms with Crippen molar-refractivity contribution in [3.63, 3.8) is 0 Å². The van der Waals surface area contributed by atoms with Crippen LogP contribution in [0.15, 0.2) is 42.5 Å². The molecule has 0 radical (unpaired) electrons. The quantitative estimate of drug-likeness (QED) is 0.596. The second-order valence-corrected chi connectivity index (χ2v) is 9.28. The van der Waals surface area contributed by atoms with E-state index in [4.69, 9.17) is 4.74 Å². The van der Waals surface area contributed by atoms with Gasteiger partial charge in [0.05, 0.1) is 17.1 Å². The van der Waals surface area contributed by atoms with Crippen LogP contribution in [0.5, 0.6) is 5.75 Å². The molecule has 2 amide bonds. The second-order valence-electron chi connectivity index (χ2n) is 9.28. The average molecular weight is 447 g/mol. The SMILES string of the molecule is Cc1ccc2nc([C@@H](C)NC(=O)c3ccc(OC4CCN(C(=O)C5CC5)CC4)cc3)[nH]c2c1. The number of fused-ring (bicyclic) bond motifs is 1. The molecule has 2 heterocycles. The van der Waals surface area contributed by atoms with E-state index in [0.29, 0.717) is 11.5 Å². The zero-order valence-electron chi connectivity index (χ0n) is 19.1. The number of amides is 2. The first-order chi connectivity index (χ1) is 16.0. The normalized spacial score (nSPS) is 17.7. The third-order valence-corrected chi connectivity index (χ3v) is 6.51. The lowest BCUT2D eigenvalue weighted by molar-refractivity contribution is -0.134. The summed E-state index contributed by atoms with van der Waals surface area (Å²) >= 11 is 0. The van der Waals surface area contributed by atoms with Crippen LogP contribution in [0.4, 0.5) is 0 Å². The summed E-state index contributed by atoms with van der Waals surface area (Å²) in [5, 5.41) is 3.01. The van der Waals surface area contributed by atoms with Crippen molar-refractivity contribution in [2.45, 2.75) is 51.7 Å². The van der Waals surface area contributed by atoms with Gasteiger partial charge in [0, 0.05) is 37.4 Å². The third-order valence-electron chi connectivity index (χ3n) is 6.51.